The van der Waals surface area contributed by atoms with Gasteiger partial charge in [0.05, 0.1) is 24.5 Å². The predicted molar refractivity (Wildman–Crippen MR) is 155 cm³/mol. The topological polar surface area (TPSA) is 109 Å². The number of halogens is 1. The van der Waals surface area contributed by atoms with Crippen LogP contribution in [0.1, 0.15) is 21.6 Å². The van der Waals surface area contributed by atoms with Crippen molar-refractivity contribution in [2.45, 2.75) is 6.61 Å². The number of allylic oxidation sites excluding steroid dienone is 1. The number of carbonyl (C=O) groups is 1. The van der Waals surface area contributed by atoms with E-state index < -0.39 is 11.4 Å². The van der Waals surface area contributed by atoms with Crippen LogP contribution in [0.3, 0.4) is 0 Å². The van der Waals surface area contributed by atoms with Gasteiger partial charge >= 0.3 is 5.63 Å². The molecule has 0 aliphatic rings. The number of hydrogen-bond acceptors (Lipinski definition) is 8. The first kappa shape index (κ1) is 26.0. The number of ketones is 1. The lowest BCUT2D eigenvalue weighted by molar-refractivity contribution is 0.104. The van der Waals surface area contributed by atoms with Crippen molar-refractivity contribution in [3.8, 4) is 17.2 Å². The van der Waals surface area contributed by atoms with Crippen molar-refractivity contribution < 1.29 is 18.7 Å². The minimum Gasteiger partial charge on any atom is -0.493 e. The number of rotatable bonds is 8. The van der Waals surface area contributed by atoms with Gasteiger partial charge in [-0.3, -0.25) is 9.78 Å². The Morgan fingerprint density at radius 3 is 2.80 bits per heavy atom. The average Bonchev–Trinajstić information content (AvgIpc) is 3.47. The third-order valence-corrected chi connectivity index (χ3v) is 6.60. The number of carbonyl (C=O) groups excluding carboxylic acids is 1. The molecule has 0 radical (unpaired) electrons. The van der Waals surface area contributed by atoms with E-state index in [0.29, 0.717) is 38.7 Å². The minimum atomic E-state index is -0.682. The van der Waals surface area contributed by atoms with E-state index in [-0.39, 0.29) is 12.2 Å². The Bertz CT molecular complexity index is 2010. The lowest BCUT2D eigenvalue weighted by atomic mass is 10.1. The van der Waals surface area contributed by atoms with Crippen LogP contribution in [0.15, 0.2) is 100 Å². The number of fused-ring (bicyclic) bond motifs is 2. The van der Waals surface area contributed by atoms with E-state index in [2.05, 4.69) is 15.3 Å². The molecule has 0 spiro atoms. The van der Waals surface area contributed by atoms with Crippen molar-refractivity contribution in [1.82, 2.24) is 20.0 Å². The van der Waals surface area contributed by atoms with Gasteiger partial charge in [-0.05, 0) is 60.2 Å². The third-order valence-electron chi connectivity index (χ3n) is 6.37. The van der Waals surface area contributed by atoms with E-state index >= 15 is 0 Å². The zero-order chi connectivity index (χ0) is 28.3. The number of nitrogens with zero attached hydrogens (tertiary/aromatic N) is 4. The predicted octanol–water partition coefficient (Wildman–Crippen LogP) is 6.06. The quantitative estimate of drug-likeness (QED) is 0.125. The van der Waals surface area contributed by atoms with Gasteiger partial charge in [-0.2, -0.15) is 0 Å². The van der Waals surface area contributed by atoms with Crippen LogP contribution in [0.4, 0.5) is 0 Å². The van der Waals surface area contributed by atoms with Crippen LogP contribution in [0, 0.1) is 0 Å². The molecule has 6 aromatic rings. The largest absolute Gasteiger partial charge is 0.493 e. The van der Waals surface area contributed by atoms with E-state index in [1.807, 2.05) is 18.2 Å². The summed E-state index contributed by atoms with van der Waals surface area (Å²) in [6.45, 7) is 0.149. The molecule has 9 nitrogen and oxygen atoms in total. The minimum absolute atomic E-state index is 0.0384. The van der Waals surface area contributed by atoms with Gasteiger partial charge in [0, 0.05) is 22.0 Å². The molecule has 0 N–H and O–H groups in total. The molecule has 3 aromatic carbocycles. The molecular formula is C31H21ClN4O5. The van der Waals surface area contributed by atoms with Crippen LogP contribution in [0.2, 0.25) is 5.02 Å². The second kappa shape index (κ2) is 11.1. The molecular weight excluding hydrogens is 544 g/mol. The highest BCUT2D eigenvalue weighted by atomic mass is 35.5. The second-order valence-corrected chi connectivity index (χ2v) is 9.46. The molecule has 0 saturated heterocycles. The summed E-state index contributed by atoms with van der Waals surface area (Å²) in [7, 11) is 1.53. The maximum Gasteiger partial charge on any atom is 0.347 e. The zero-order valence-corrected chi connectivity index (χ0v) is 22.4. The van der Waals surface area contributed by atoms with Crippen molar-refractivity contribution in [2.24, 2.45) is 0 Å². The number of para-hydroxylation sites is 1. The molecule has 3 aromatic heterocycles. The van der Waals surface area contributed by atoms with Gasteiger partial charge in [-0.15, -0.1) is 5.10 Å². The number of methoxy groups -OCH3 is 1. The van der Waals surface area contributed by atoms with Crippen LogP contribution >= 0.6 is 11.6 Å². The molecule has 0 bridgehead atoms. The van der Waals surface area contributed by atoms with Gasteiger partial charge in [0.1, 0.15) is 23.4 Å². The Morgan fingerprint density at radius 1 is 1.05 bits per heavy atom. The first-order chi connectivity index (χ1) is 20.0. The molecule has 41 heavy (non-hydrogen) atoms. The fourth-order valence-electron chi connectivity index (χ4n) is 4.34. The van der Waals surface area contributed by atoms with Crippen molar-refractivity contribution >= 4 is 45.3 Å². The standard InChI is InChI=1S/C31H21ClN4O5/c1-39-30-14-19(6-10-27(37)24-15-20-4-2-3-5-28(20)41-31(24)38)7-11-29(30)40-18-22-17-36(35-34-22)26-12-13-33-25-16-21(32)8-9-23(25)26/h2-17H,18H2,1H3/b10-6+. The summed E-state index contributed by atoms with van der Waals surface area (Å²) >= 11 is 6.10. The fourth-order valence-corrected chi connectivity index (χ4v) is 4.51. The van der Waals surface area contributed by atoms with Gasteiger partial charge in [-0.25, -0.2) is 9.48 Å². The molecule has 0 aliphatic heterocycles. The molecule has 0 saturated carbocycles. The highest BCUT2D eigenvalue weighted by Crippen LogP contribution is 2.30. The summed E-state index contributed by atoms with van der Waals surface area (Å²) in [4.78, 5) is 29.4. The number of pyridine rings is 1. The van der Waals surface area contributed by atoms with Gasteiger partial charge in [-0.1, -0.05) is 47.2 Å². The smallest absolute Gasteiger partial charge is 0.347 e. The monoisotopic (exact) mass is 564 g/mol. The summed E-state index contributed by atoms with van der Waals surface area (Å²) < 4.78 is 18.4. The Kier molecular flexibility index (Phi) is 7.01. The summed E-state index contributed by atoms with van der Waals surface area (Å²) in [5.74, 6) is 0.496. The highest BCUT2D eigenvalue weighted by Gasteiger charge is 2.13. The molecule has 6 rings (SSSR count). The van der Waals surface area contributed by atoms with E-state index in [9.17, 15) is 9.59 Å². The molecule has 0 atom stereocenters. The fraction of sp³-hybridized carbons (Fsp3) is 0.0645. The maximum atomic E-state index is 12.7. The Hall–Kier alpha value is -5.28. The zero-order valence-electron chi connectivity index (χ0n) is 21.7. The van der Waals surface area contributed by atoms with Crippen LogP contribution in [0.5, 0.6) is 11.5 Å². The SMILES string of the molecule is COc1cc(/C=C/C(=O)c2cc3ccccc3oc2=O)ccc1OCc1cn(-c2ccnc3cc(Cl)ccc23)nn1. The number of hydrogen-bond donors (Lipinski definition) is 0. The Labute approximate surface area is 238 Å². The van der Waals surface area contributed by atoms with E-state index in [1.165, 1.54) is 19.3 Å². The average molecular weight is 565 g/mol. The lowest BCUT2D eigenvalue weighted by Gasteiger charge is -2.10. The molecule has 0 aliphatic carbocycles. The number of aromatic nitrogens is 4. The molecule has 202 valence electrons. The Balaban J connectivity index is 1.16. The van der Waals surface area contributed by atoms with Crippen LogP contribution in [0.25, 0.3) is 33.6 Å². The van der Waals surface area contributed by atoms with Crippen LogP contribution in [-0.2, 0) is 6.61 Å². The lowest BCUT2D eigenvalue weighted by Crippen LogP contribution is -2.11. The normalized spacial score (nSPS) is 11.4. The third kappa shape index (κ3) is 5.43. The second-order valence-electron chi connectivity index (χ2n) is 9.03. The van der Waals surface area contributed by atoms with Crippen LogP contribution in [-0.4, -0.2) is 32.9 Å². The van der Waals surface area contributed by atoms with Crippen LogP contribution < -0.4 is 15.1 Å². The first-order valence-electron chi connectivity index (χ1n) is 12.5. The van der Waals surface area contributed by atoms with Crippen molar-refractivity contribution in [3.63, 3.8) is 0 Å². The van der Waals surface area contributed by atoms with Gasteiger partial charge < -0.3 is 13.9 Å². The summed E-state index contributed by atoms with van der Waals surface area (Å²) in [6, 6.07) is 21.1. The number of ether oxygens (including phenoxy) is 2. The van der Waals surface area contributed by atoms with E-state index in [0.717, 1.165) is 16.6 Å². The van der Waals surface area contributed by atoms with E-state index in [1.54, 1.807) is 71.7 Å². The van der Waals surface area contributed by atoms with Gasteiger partial charge in [0.2, 0.25) is 0 Å². The molecule has 10 heteroatoms. The number of benzene rings is 3. The van der Waals surface area contributed by atoms with Crippen molar-refractivity contribution in [2.75, 3.05) is 7.11 Å². The van der Waals surface area contributed by atoms with Gasteiger partial charge in [0.25, 0.3) is 0 Å². The molecule has 0 unspecified atom stereocenters. The summed E-state index contributed by atoms with van der Waals surface area (Å²) in [6.07, 6.45) is 6.39. The van der Waals surface area contributed by atoms with Gasteiger partial charge in [0.15, 0.2) is 17.3 Å². The van der Waals surface area contributed by atoms with E-state index in [4.69, 9.17) is 25.5 Å². The molecule has 0 fully saturated rings. The summed E-state index contributed by atoms with van der Waals surface area (Å²) in [5.41, 5.74) is 2.57. The molecule has 0 amide bonds. The maximum absolute atomic E-state index is 12.7. The van der Waals surface area contributed by atoms with Crippen molar-refractivity contribution in [3.05, 3.63) is 124 Å². The Morgan fingerprint density at radius 2 is 1.93 bits per heavy atom. The first-order valence-corrected chi connectivity index (χ1v) is 12.9. The summed E-state index contributed by atoms with van der Waals surface area (Å²) in [5, 5.41) is 10.6. The molecule has 3 heterocycles. The highest BCUT2D eigenvalue weighted by molar-refractivity contribution is 6.31. The van der Waals surface area contributed by atoms with Crippen molar-refractivity contribution in [1.29, 1.82) is 0 Å².